The lowest BCUT2D eigenvalue weighted by molar-refractivity contribution is -0.122. The van der Waals surface area contributed by atoms with E-state index >= 15 is 0 Å². The fraction of sp³-hybridized carbons (Fsp3) is 0.136. The molecule has 0 spiro atoms. The zero-order valence-corrected chi connectivity index (χ0v) is 18.1. The summed E-state index contributed by atoms with van der Waals surface area (Å²) >= 11 is 4.64. The molecule has 29 heavy (non-hydrogen) atoms. The number of thioether (sulfide) groups is 1. The van der Waals surface area contributed by atoms with Crippen molar-refractivity contribution in [1.29, 1.82) is 0 Å². The molecule has 2 aromatic rings. The van der Waals surface area contributed by atoms with Crippen molar-refractivity contribution in [1.82, 2.24) is 10.2 Å². The molecule has 0 unspecified atom stereocenters. The molecule has 0 bridgehead atoms. The topological polar surface area (TPSA) is 61.8 Å². The van der Waals surface area contributed by atoms with Gasteiger partial charge in [-0.2, -0.15) is 0 Å². The molecule has 0 radical (unpaired) electrons. The zero-order valence-electron chi connectivity index (χ0n) is 15.7. The second kappa shape index (κ2) is 10.2. The van der Waals surface area contributed by atoms with Crippen LogP contribution in [0.4, 0.5) is 0 Å². The highest BCUT2D eigenvalue weighted by Crippen LogP contribution is 2.24. The number of nitrogens with one attached hydrogen (secondary N) is 1. The van der Waals surface area contributed by atoms with Gasteiger partial charge in [-0.15, -0.1) is 6.58 Å². The Morgan fingerprint density at radius 2 is 1.90 bits per heavy atom. The predicted molar refractivity (Wildman–Crippen MR) is 122 cm³/mol. The van der Waals surface area contributed by atoms with Crippen molar-refractivity contribution in [3.8, 4) is 0 Å². The first kappa shape index (κ1) is 21.1. The fourth-order valence-electron chi connectivity index (χ4n) is 2.63. The maximum atomic E-state index is 12.7. The van der Waals surface area contributed by atoms with Crippen LogP contribution in [0.1, 0.15) is 11.1 Å². The molecule has 0 aliphatic carbocycles. The highest BCUT2D eigenvalue weighted by Gasteiger charge is 2.30. The second-order valence-electron chi connectivity index (χ2n) is 6.23. The molecule has 2 aromatic carbocycles. The number of nitrogens with zero attached hydrogens (tertiary/aromatic N) is 2. The van der Waals surface area contributed by atoms with Crippen LogP contribution in [0.5, 0.6) is 0 Å². The molecular formula is C22H20BrN3O2S. The molecule has 0 saturated heterocycles. The minimum atomic E-state index is -0.194. The number of aliphatic imine (C=N–C) groups is 1. The van der Waals surface area contributed by atoms with Crippen molar-refractivity contribution in [3.05, 3.63) is 88.5 Å². The van der Waals surface area contributed by atoms with E-state index in [4.69, 9.17) is 0 Å². The number of hydrogen-bond acceptors (Lipinski definition) is 4. The fourth-order valence-corrected chi connectivity index (χ4v) is 3.73. The Morgan fingerprint density at radius 3 is 2.59 bits per heavy atom. The molecule has 0 aromatic heterocycles. The van der Waals surface area contributed by atoms with Crippen molar-refractivity contribution in [2.75, 3.05) is 12.3 Å². The van der Waals surface area contributed by atoms with Gasteiger partial charge in [0.25, 0.3) is 5.91 Å². The van der Waals surface area contributed by atoms with Crippen LogP contribution >= 0.6 is 27.7 Å². The van der Waals surface area contributed by atoms with E-state index in [0.717, 1.165) is 15.6 Å². The lowest BCUT2D eigenvalue weighted by Crippen LogP contribution is -2.32. The van der Waals surface area contributed by atoms with Gasteiger partial charge in [0.15, 0.2) is 5.17 Å². The minimum absolute atomic E-state index is 0.113. The number of carbonyl (C=O) groups excluding carboxylic acids is 2. The van der Waals surface area contributed by atoms with Crippen LogP contribution in [0, 0.1) is 0 Å². The normalized spacial score (nSPS) is 14.8. The van der Waals surface area contributed by atoms with Crippen LogP contribution in [0.25, 0.3) is 6.08 Å². The summed E-state index contributed by atoms with van der Waals surface area (Å²) in [5.74, 6) is -0.129. The van der Waals surface area contributed by atoms with Gasteiger partial charge in [-0.05, 0) is 29.3 Å². The standard InChI is InChI=1S/C22H20BrN3O2S/c1-2-12-26-21(28)19(13-16-8-10-18(23)11-9-16)25-22(26)29-15-20(27)24-14-17-6-4-3-5-7-17/h2-11,13H,1,12,14-15H2,(H,24,27)/b19-13+. The van der Waals surface area contributed by atoms with E-state index in [1.807, 2.05) is 54.6 Å². The molecule has 7 heteroatoms. The second-order valence-corrected chi connectivity index (χ2v) is 8.09. The largest absolute Gasteiger partial charge is 0.351 e. The van der Waals surface area contributed by atoms with E-state index in [1.54, 1.807) is 12.2 Å². The van der Waals surface area contributed by atoms with Gasteiger partial charge in [0.1, 0.15) is 5.70 Å². The van der Waals surface area contributed by atoms with Gasteiger partial charge in [0.05, 0.1) is 5.75 Å². The van der Waals surface area contributed by atoms with Gasteiger partial charge in [-0.25, -0.2) is 4.99 Å². The van der Waals surface area contributed by atoms with Crippen molar-refractivity contribution < 1.29 is 9.59 Å². The average molecular weight is 470 g/mol. The van der Waals surface area contributed by atoms with Gasteiger partial charge in [0.2, 0.25) is 5.91 Å². The molecule has 1 heterocycles. The Morgan fingerprint density at radius 1 is 1.17 bits per heavy atom. The highest BCUT2D eigenvalue weighted by atomic mass is 79.9. The minimum Gasteiger partial charge on any atom is -0.351 e. The summed E-state index contributed by atoms with van der Waals surface area (Å²) in [4.78, 5) is 30.9. The summed E-state index contributed by atoms with van der Waals surface area (Å²) in [7, 11) is 0. The molecule has 0 atom stereocenters. The third kappa shape index (κ3) is 5.92. The Kier molecular flexibility index (Phi) is 7.43. The number of amidine groups is 1. The number of amides is 2. The summed E-state index contributed by atoms with van der Waals surface area (Å²) in [6, 6.07) is 17.3. The maximum absolute atomic E-state index is 12.7. The lowest BCUT2D eigenvalue weighted by Gasteiger charge is -2.15. The van der Waals surface area contributed by atoms with Crippen LogP contribution in [0.3, 0.4) is 0 Å². The first-order valence-corrected chi connectivity index (χ1v) is 10.8. The Bertz CT molecular complexity index is 956. The lowest BCUT2D eigenvalue weighted by atomic mass is 10.2. The van der Waals surface area contributed by atoms with Gasteiger partial charge in [-0.1, -0.05) is 76.2 Å². The predicted octanol–water partition coefficient (Wildman–Crippen LogP) is 4.22. The Labute approximate surface area is 182 Å². The number of carbonyl (C=O) groups is 2. The molecule has 0 fully saturated rings. The summed E-state index contributed by atoms with van der Waals surface area (Å²) in [5, 5.41) is 3.39. The third-order valence-electron chi connectivity index (χ3n) is 4.06. The van der Waals surface area contributed by atoms with Crippen LogP contribution in [-0.4, -0.2) is 34.2 Å². The summed E-state index contributed by atoms with van der Waals surface area (Å²) < 4.78 is 0.965. The maximum Gasteiger partial charge on any atom is 0.278 e. The molecule has 148 valence electrons. The summed E-state index contributed by atoms with van der Waals surface area (Å²) in [6.45, 7) is 4.52. The number of rotatable bonds is 7. The highest BCUT2D eigenvalue weighted by molar-refractivity contribution is 9.10. The molecule has 5 nitrogen and oxygen atoms in total. The van der Waals surface area contributed by atoms with Crippen molar-refractivity contribution >= 4 is 50.7 Å². The third-order valence-corrected chi connectivity index (χ3v) is 5.57. The van der Waals surface area contributed by atoms with Crippen LogP contribution in [0.2, 0.25) is 0 Å². The molecule has 3 rings (SSSR count). The first-order chi connectivity index (χ1) is 14.1. The van der Waals surface area contributed by atoms with E-state index in [-0.39, 0.29) is 17.6 Å². The number of benzene rings is 2. The van der Waals surface area contributed by atoms with Gasteiger partial charge in [-0.3, -0.25) is 14.5 Å². The zero-order chi connectivity index (χ0) is 20.6. The van der Waals surface area contributed by atoms with Crippen LogP contribution < -0.4 is 5.32 Å². The monoisotopic (exact) mass is 469 g/mol. The smallest absolute Gasteiger partial charge is 0.278 e. The summed E-state index contributed by atoms with van der Waals surface area (Å²) in [5.41, 5.74) is 2.26. The van der Waals surface area contributed by atoms with Crippen molar-refractivity contribution in [3.63, 3.8) is 0 Å². The molecular weight excluding hydrogens is 450 g/mol. The summed E-state index contributed by atoms with van der Waals surface area (Å²) in [6.07, 6.45) is 3.39. The van der Waals surface area contributed by atoms with Crippen LogP contribution in [-0.2, 0) is 16.1 Å². The van der Waals surface area contributed by atoms with E-state index in [2.05, 4.69) is 32.8 Å². The number of hydrogen-bond donors (Lipinski definition) is 1. The SMILES string of the molecule is C=CCN1C(=O)/C(=C\c2ccc(Br)cc2)N=C1SCC(=O)NCc1ccccc1. The quantitative estimate of drug-likeness (QED) is 0.487. The Hall–Kier alpha value is -2.64. The van der Waals surface area contributed by atoms with Crippen molar-refractivity contribution in [2.45, 2.75) is 6.54 Å². The molecule has 0 saturated carbocycles. The molecule has 1 aliphatic heterocycles. The van der Waals surface area contributed by atoms with Crippen molar-refractivity contribution in [2.24, 2.45) is 4.99 Å². The van der Waals surface area contributed by atoms with E-state index in [9.17, 15) is 9.59 Å². The van der Waals surface area contributed by atoms with E-state index in [0.29, 0.717) is 24.0 Å². The van der Waals surface area contributed by atoms with E-state index < -0.39 is 0 Å². The van der Waals surface area contributed by atoms with E-state index in [1.165, 1.54) is 16.7 Å². The molecule has 2 amide bonds. The average Bonchev–Trinajstić information content (AvgIpc) is 3.02. The molecule has 1 N–H and O–H groups in total. The van der Waals surface area contributed by atoms with Gasteiger partial charge >= 0.3 is 0 Å². The van der Waals surface area contributed by atoms with Crippen LogP contribution in [0.15, 0.2) is 82.4 Å². The first-order valence-electron chi connectivity index (χ1n) is 8.99. The van der Waals surface area contributed by atoms with Gasteiger partial charge < -0.3 is 5.32 Å². The Balaban J connectivity index is 1.65. The van der Waals surface area contributed by atoms with Gasteiger partial charge in [0, 0.05) is 17.6 Å². The molecule has 1 aliphatic rings. The number of halogens is 1.